The van der Waals surface area contributed by atoms with Crippen LogP contribution in [0, 0.1) is 5.92 Å². The fraction of sp³-hybridized carbons (Fsp3) is 0.900. The van der Waals surface area contributed by atoms with E-state index in [0.29, 0.717) is 25.0 Å². The highest BCUT2D eigenvalue weighted by Crippen LogP contribution is 2.21. The van der Waals surface area contributed by atoms with E-state index in [-0.39, 0.29) is 18.2 Å². The minimum Gasteiger partial charge on any atom is -0.376 e. The number of likely N-dealkylation sites (tertiary alicyclic amines) is 1. The molecule has 1 aliphatic carbocycles. The van der Waals surface area contributed by atoms with Crippen molar-refractivity contribution in [2.24, 2.45) is 5.92 Å². The molecule has 1 saturated carbocycles. The average molecular weight is 381 g/mol. The Labute approximate surface area is 163 Å². The van der Waals surface area contributed by atoms with Gasteiger partial charge in [0.25, 0.3) is 0 Å². The second-order valence-electron chi connectivity index (χ2n) is 8.28. The van der Waals surface area contributed by atoms with Gasteiger partial charge in [-0.3, -0.25) is 0 Å². The van der Waals surface area contributed by atoms with Crippen molar-refractivity contribution in [1.29, 1.82) is 0 Å². The molecule has 0 bridgehead atoms. The van der Waals surface area contributed by atoms with Crippen molar-refractivity contribution in [3.63, 3.8) is 0 Å². The monoisotopic (exact) mass is 380 g/mol. The molecule has 1 atom stereocenters. The van der Waals surface area contributed by atoms with E-state index >= 15 is 0 Å². The molecule has 0 radical (unpaired) electrons. The van der Waals surface area contributed by atoms with Crippen molar-refractivity contribution in [2.75, 3.05) is 32.8 Å². The minimum atomic E-state index is -0.102. The molecule has 3 aliphatic rings. The molecule has 7 heteroatoms. The third kappa shape index (κ3) is 6.87. The fourth-order valence-electron chi connectivity index (χ4n) is 4.40. The number of ether oxygens (including phenoxy) is 1. The van der Waals surface area contributed by atoms with Gasteiger partial charge in [-0.1, -0.05) is 19.3 Å². The SMILES string of the molecule is O=C(NCCC1CCN(C(=O)NC2CCCCC2)CC1)NCC1CCCO1. The van der Waals surface area contributed by atoms with Crippen LogP contribution < -0.4 is 16.0 Å². The van der Waals surface area contributed by atoms with Gasteiger partial charge in [-0.05, 0) is 50.9 Å². The number of urea groups is 2. The quantitative estimate of drug-likeness (QED) is 0.662. The van der Waals surface area contributed by atoms with Crippen LogP contribution in [0.1, 0.15) is 64.2 Å². The Balaban J connectivity index is 1.23. The summed E-state index contributed by atoms with van der Waals surface area (Å²) in [5.41, 5.74) is 0. The number of carbonyl (C=O) groups is 2. The van der Waals surface area contributed by atoms with Crippen LogP contribution in [0.15, 0.2) is 0 Å². The van der Waals surface area contributed by atoms with E-state index in [0.717, 1.165) is 64.6 Å². The van der Waals surface area contributed by atoms with Gasteiger partial charge in [0.2, 0.25) is 0 Å². The van der Waals surface area contributed by atoms with Crippen molar-refractivity contribution in [2.45, 2.75) is 76.4 Å². The number of hydrogen-bond donors (Lipinski definition) is 3. The Bertz CT molecular complexity index is 468. The molecular weight excluding hydrogens is 344 g/mol. The molecule has 154 valence electrons. The van der Waals surface area contributed by atoms with Crippen molar-refractivity contribution in [3.05, 3.63) is 0 Å². The lowest BCUT2D eigenvalue weighted by atomic mass is 9.93. The van der Waals surface area contributed by atoms with Gasteiger partial charge >= 0.3 is 12.1 Å². The Hall–Kier alpha value is -1.50. The van der Waals surface area contributed by atoms with Gasteiger partial charge in [-0.2, -0.15) is 0 Å². The average Bonchev–Trinajstić information content (AvgIpc) is 3.21. The lowest BCUT2D eigenvalue weighted by Gasteiger charge is -2.34. The molecule has 2 heterocycles. The van der Waals surface area contributed by atoms with E-state index in [4.69, 9.17) is 4.74 Å². The number of nitrogens with one attached hydrogen (secondary N) is 3. The smallest absolute Gasteiger partial charge is 0.317 e. The summed E-state index contributed by atoms with van der Waals surface area (Å²) in [4.78, 5) is 26.2. The maximum Gasteiger partial charge on any atom is 0.317 e. The van der Waals surface area contributed by atoms with E-state index in [1.807, 2.05) is 4.90 Å². The highest BCUT2D eigenvalue weighted by atomic mass is 16.5. The summed E-state index contributed by atoms with van der Waals surface area (Å²) >= 11 is 0. The zero-order valence-electron chi connectivity index (χ0n) is 16.5. The normalized spacial score (nSPS) is 24.6. The van der Waals surface area contributed by atoms with Gasteiger partial charge in [-0.15, -0.1) is 0 Å². The number of rotatable bonds is 6. The Morgan fingerprint density at radius 2 is 1.70 bits per heavy atom. The third-order valence-corrected chi connectivity index (χ3v) is 6.19. The first-order chi connectivity index (χ1) is 13.2. The largest absolute Gasteiger partial charge is 0.376 e. The summed E-state index contributed by atoms with van der Waals surface area (Å²) in [5.74, 6) is 0.585. The summed E-state index contributed by atoms with van der Waals surface area (Å²) in [6.45, 7) is 3.75. The number of piperidine rings is 1. The summed E-state index contributed by atoms with van der Waals surface area (Å²) in [7, 11) is 0. The molecule has 2 saturated heterocycles. The van der Waals surface area contributed by atoms with Gasteiger partial charge in [-0.25, -0.2) is 9.59 Å². The van der Waals surface area contributed by atoms with Crippen LogP contribution in [0.3, 0.4) is 0 Å². The summed E-state index contributed by atoms with van der Waals surface area (Å²) in [5, 5.41) is 9.04. The maximum atomic E-state index is 12.4. The molecule has 2 aliphatic heterocycles. The van der Waals surface area contributed by atoms with E-state index in [1.54, 1.807) is 0 Å². The van der Waals surface area contributed by atoms with Crippen LogP contribution in [-0.4, -0.2) is 61.9 Å². The number of carbonyl (C=O) groups excluding carboxylic acids is 2. The highest BCUT2D eigenvalue weighted by Gasteiger charge is 2.25. The predicted molar refractivity (Wildman–Crippen MR) is 105 cm³/mol. The molecule has 4 amide bonds. The lowest BCUT2D eigenvalue weighted by Crippen LogP contribution is -2.48. The van der Waals surface area contributed by atoms with Crippen LogP contribution in [-0.2, 0) is 4.74 Å². The van der Waals surface area contributed by atoms with Gasteiger partial charge in [0.1, 0.15) is 0 Å². The molecule has 1 unspecified atom stereocenters. The molecule has 27 heavy (non-hydrogen) atoms. The number of nitrogens with zero attached hydrogens (tertiary/aromatic N) is 1. The van der Waals surface area contributed by atoms with Gasteiger partial charge < -0.3 is 25.6 Å². The molecule has 3 N–H and O–H groups in total. The van der Waals surface area contributed by atoms with Crippen LogP contribution in [0.25, 0.3) is 0 Å². The molecule has 7 nitrogen and oxygen atoms in total. The van der Waals surface area contributed by atoms with Crippen LogP contribution in [0.5, 0.6) is 0 Å². The number of hydrogen-bond acceptors (Lipinski definition) is 3. The van der Waals surface area contributed by atoms with Crippen molar-refractivity contribution in [1.82, 2.24) is 20.9 Å². The minimum absolute atomic E-state index is 0.102. The Kier molecular flexibility index (Phi) is 8.05. The van der Waals surface area contributed by atoms with Crippen molar-refractivity contribution < 1.29 is 14.3 Å². The molecule has 0 aromatic rings. The Morgan fingerprint density at radius 1 is 0.926 bits per heavy atom. The van der Waals surface area contributed by atoms with Crippen molar-refractivity contribution >= 4 is 12.1 Å². The van der Waals surface area contributed by atoms with Gasteiger partial charge in [0.05, 0.1) is 6.10 Å². The third-order valence-electron chi connectivity index (χ3n) is 6.19. The fourth-order valence-corrected chi connectivity index (χ4v) is 4.40. The molecule has 0 aromatic heterocycles. The van der Waals surface area contributed by atoms with E-state index in [1.165, 1.54) is 19.3 Å². The van der Waals surface area contributed by atoms with Gasteiger partial charge in [0.15, 0.2) is 0 Å². The summed E-state index contributed by atoms with van der Waals surface area (Å²) in [6, 6.07) is 0.392. The number of amides is 4. The molecule has 3 rings (SSSR count). The second-order valence-corrected chi connectivity index (χ2v) is 8.28. The first-order valence-electron chi connectivity index (χ1n) is 10.9. The van der Waals surface area contributed by atoms with Crippen molar-refractivity contribution in [3.8, 4) is 0 Å². The Morgan fingerprint density at radius 3 is 2.41 bits per heavy atom. The summed E-state index contributed by atoms with van der Waals surface area (Å²) < 4.78 is 5.50. The lowest BCUT2D eigenvalue weighted by molar-refractivity contribution is 0.111. The van der Waals surface area contributed by atoms with Gasteiger partial charge in [0, 0.05) is 38.8 Å². The molecule has 0 spiro atoms. The van der Waals surface area contributed by atoms with E-state index in [2.05, 4.69) is 16.0 Å². The van der Waals surface area contributed by atoms with Crippen LogP contribution >= 0.6 is 0 Å². The first-order valence-corrected chi connectivity index (χ1v) is 10.9. The van der Waals surface area contributed by atoms with Crippen LogP contribution in [0.2, 0.25) is 0 Å². The van der Waals surface area contributed by atoms with E-state index in [9.17, 15) is 9.59 Å². The topological polar surface area (TPSA) is 82.7 Å². The zero-order chi connectivity index (χ0) is 18.9. The molecular formula is C20H36N4O3. The van der Waals surface area contributed by atoms with Crippen LogP contribution in [0.4, 0.5) is 9.59 Å². The second kappa shape index (κ2) is 10.7. The first kappa shape index (κ1) is 20.2. The molecule has 3 fully saturated rings. The maximum absolute atomic E-state index is 12.4. The zero-order valence-corrected chi connectivity index (χ0v) is 16.5. The predicted octanol–water partition coefficient (Wildman–Crippen LogP) is 2.61. The molecule has 0 aromatic carbocycles. The van der Waals surface area contributed by atoms with E-state index < -0.39 is 0 Å². The summed E-state index contributed by atoms with van der Waals surface area (Å²) in [6.07, 6.45) is 11.4. The highest BCUT2D eigenvalue weighted by molar-refractivity contribution is 5.74. The standard InChI is InChI=1S/C20H36N4O3/c25-19(22-15-18-7-4-14-27-18)21-11-8-16-9-12-24(13-10-16)20(26)23-17-5-2-1-3-6-17/h16-18H,1-15H2,(H,23,26)(H2,21,22,25).